The SMILES string of the molecule is CCOC(=O)c1ccc(Cl)c(OC2CCCCC2)c1O. The van der Waals surface area contributed by atoms with Crippen molar-refractivity contribution in [2.24, 2.45) is 0 Å². The van der Waals surface area contributed by atoms with Gasteiger partial charge in [0.05, 0.1) is 17.7 Å². The predicted molar refractivity (Wildman–Crippen MR) is 76.6 cm³/mol. The molecule has 1 aromatic rings. The lowest BCUT2D eigenvalue weighted by atomic mass is 9.98. The zero-order chi connectivity index (χ0) is 14.5. The summed E-state index contributed by atoms with van der Waals surface area (Å²) in [5, 5.41) is 10.5. The van der Waals surface area contributed by atoms with Crippen molar-refractivity contribution in [3.63, 3.8) is 0 Å². The van der Waals surface area contributed by atoms with Gasteiger partial charge in [-0.3, -0.25) is 0 Å². The number of phenolic OH excluding ortho intramolecular Hbond substituents is 1. The van der Waals surface area contributed by atoms with Gasteiger partial charge >= 0.3 is 5.97 Å². The number of ether oxygens (including phenoxy) is 2. The molecule has 1 saturated carbocycles. The molecule has 0 spiro atoms. The molecule has 0 unspecified atom stereocenters. The summed E-state index contributed by atoms with van der Waals surface area (Å²) in [4.78, 5) is 11.7. The molecule has 20 heavy (non-hydrogen) atoms. The number of phenols is 1. The number of esters is 1. The first-order valence-corrected chi connectivity index (χ1v) is 7.36. The van der Waals surface area contributed by atoms with Gasteiger partial charge in [-0.2, -0.15) is 0 Å². The van der Waals surface area contributed by atoms with E-state index in [9.17, 15) is 9.90 Å². The monoisotopic (exact) mass is 298 g/mol. The second kappa shape index (κ2) is 6.84. The summed E-state index contributed by atoms with van der Waals surface area (Å²) in [6.45, 7) is 1.96. The normalized spacial score (nSPS) is 15.9. The van der Waals surface area contributed by atoms with Crippen molar-refractivity contribution in [3.05, 3.63) is 22.7 Å². The van der Waals surface area contributed by atoms with Gasteiger partial charge in [-0.15, -0.1) is 0 Å². The summed E-state index contributed by atoms with van der Waals surface area (Å²) in [5.74, 6) is -0.624. The quantitative estimate of drug-likeness (QED) is 0.856. The average Bonchev–Trinajstić information content (AvgIpc) is 2.45. The van der Waals surface area contributed by atoms with Crippen LogP contribution in [-0.2, 0) is 4.74 Å². The van der Waals surface area contributed by atoms with Crippen LogP contribution in [0.15, 0.2) is 12.1 Å². The number of halogens is 1. The number of hydrogen-bond acceptors (Lipinski definition) is 4. The lowest BCUT2D eigenvalue weighted by molar-refractivity contribution is 0.0521. The van der Waals surface area contributed by atoms with Crippen LogP contribution in [0, 0.1) is 0 Å². The van der Waals surface area contributed by atoms with Gasteiger partial charge in [-0.1, -0.05) is 18.0 Å². The number of hydrogen-bond donors (Lipinski definition) is 1. The number of carbonyl (C=O) groups is 1. The van der Waals surface area contributed by atoms with Gasteiger partial charge < -0.3 is 14.6 Å². The second-order valence-corrected chi connectivity index (χ2v) is 5.28. The summed E-state index contributed by atoms with van der Waals surface area (Å²) in [6.07, 6.45) is 5.37. The minimum Gasteiger partial charge on any atom is -0.504 e. The fourth-order valence-electron chi connectivity index (χ4n) is 2.38. The van der Waals surface area contributed by atoms with Crippen LogP contribution in [0.5, 0.6) is 11.5 Å². The third-order valence-corrected chi connectivity index (χ3v) is 3.71. The average molecular weight is 299 g/mol. The van der Waals surface area contributed by atoms with Gasteiger partial charge in [0.2, 0.25) is 0 Å². The van der Waals surface area contributed by atoms with E-state index in [4.69, 9.17) is 21.1 Å². The van der Waals surface area contributed by atoms with Gasteiger partial charge in [0.25, 0.3) is 0 Å². The van der Waals surface area contributed by atoms with Gasteiger partial charge in [-0.25, -0.2) is 4.79 Å². The van der Waals surface area contributed by atoms with Crippen LogP contribution < -0.4 is 4.74 Å². The fourth-order valence-corrected chi connectivity index (χ4v) is 2.58. The molecule has 0 amide bonds. The molecular weight excluding hydrogens is 280 g/mol. The van der Waals surface area contributed by atoms with Crippen molar-refractivity contribution in [2.75, 3.05) is 6.61 Å². The standard InChI is InChI=1S/C15H19ClO4/c1-2-19-15(18)11-8-9-12(16)14(13(11)17)20-10-6-4-3-5-7-10/h8-10,17H,2-7H2,1H3. The number of benzene rings is 1. The van der Waals surface area contributed by atoms with Crippen molar-refractivity contribution in [3.8, 4) is 11.5 Å². The highest BCUT2D eigenvalue weighted by atomic mass is 35.5. The smallest absolute Gasteiger partial charge is 0.342 e. The van der Waals surface area contributed by atoms with Gasteiger partial charge in [0, 0.05) is 0 Å². The first-order chi connectivity index (χ1) is 9.63. The van der Waals surface area contributed by atoms with E-state index < -0.39 is 5.97 Å². The molecule has 1 fully saturated rings. The van der Waals surface area contributed by atoms with Crippen LogP contribution in [0.3, 0.4) is 0 Å². The summed E-state index contributed by atoms with van der Waals surface area (Å²) in [5.41, 5.74) is 0.0852. The topological polar surface area (TPSA) is 55.8 Å². The Balaban J connectivity index is 2.22. The third-order valence-electron chi connectivity index (χ3n) is 3.42. The van der Waals surface area contributed by atoms with Crippen molar-refractivity contribution >= 4 is 17.6 Å². The minimum absolute atomic E-state index is 0.0459. The Morgan fingerprint density at radius 2 is 2.05 bits per heavy atom. The highest BCUT2D eigenvalue weighted by molar-refractivity contribution is 6.32. The zero-order valence-corrected chi connectivity index (χ0v) is 12.3. The molecule has 2 rings (SSSR count). The maximum atomic E-state index is 11.7. The Kier molecular flexibility index (Phi) is 5.12. The van der Waals surface area contributed by atoms with E-state index in [0.717, 1.165) is 25.7 Å². The molecule has 0 aliphatic heterocycles. The molecule has 1 N–H and O–H groups in total. The van der Waals surface area contributed by atoms with E-state index in [0.29, 0.717) is 5.02 Å². The summed E-state index contributed by atoms with van der Waals surface area (Å²) >= 11 is 6.07. The Bertz CT molecular complexity index is 481. The fraction of sp³-hybridized carbons (Fsp3) is 0.533. The molecule has 0 atom stereocenters. The molecule has 0 radical (unpaired) electrons. The summed E-state index contributed by atoms with van der Waals surface area (Å²) in [7, 11) is 0. The second-order valence-electron chi connectivity index (χ2n) is 4.87. The van der Waals surface area contributed by atoms with E-state index in [-0.39, 0.29) is 29.8 Å². The van der Waals surface area contributed by atoms with Crippen molar-refractivity contribution < 1.29 is 19.4 Å². The molecule has 0 saturated heterocycles. The molecule has 0 heterocycles. The van der Waals surface area contributed by atoms with E-state index in [1.54, 1.807) is 13.0 Å². The van der Waals surface area contributed by atoms with Gasteiger partial charge in [0.15, 0.2) is 11.5 Å². The molecule has 4 nitrogen and oxygen atoms in total. The molecule has 110 valence electrons. The lowest BCUT2D eigenvalue weighted by Crippen LogP contribution is -2.20. The van der Waals surface area contributed by atoms with Crippen LogP contribution in [-0.4, -0.2) is 23.8 Å². The maximum Gasteiger partial charge on any atom is 0.342 e. The molecule has 1 aliphatic carbocycles. The molecule has 0 aromatic heterocycles. The minimum atomic E-state index is -0.574. The largest absolute Gasteiger partial charge is 0.504 e. The Hall–Kier alpha value is -1.42. The predicted octanol–water partition coefficient (Wildman–Crippen LogP) is 3.93. The molecule has 1 aromatic carbocycles. The lowest BCUT2D eigenvalue weighted by Gasteiger charge is -2.24. The van der Waals surface area contributed by atoms with Gasteiger partial charge in [-0.05, 0) is 44.7 Å². The van der Waals surface area contributed by atoms with E-state index in [2.05, 4.69) is 0 Å². The Morgan fingerprint density at radius 1 is 1.35 bits per heavy atom. The highest BCUT2D eigenvalue weighted by Gasteiger charge is 2.23. The van der Waals surface area contributed by atoms with Gasteiger partial charge in [0.1, 0.15) is 5.56 Å². The van der Waals surface area contributed by atoms with Crippen molar-refractivity contribution in [1.82, 2.24) is 0 Å². The first kappa shape index (κ1) is 15.0. The highest BCUT2D eigenvalue weighted by Crippen LogP contribution is 2.39. The summed E-state index contributed by atoms with van der Waals surface area (Å²) in [6, 6.07) is 3.00. The van der Waals surface area contributed by atoms with Crippen LogP contribution in [0.1, 0.15) is 49.4 Å². The number of aromatic hydroxyl groups is 1. The number of rotatable bonds is 4. The van der Waals surface area contributed by atoms with E-state index >= 15 is 0 Å². The number of carbonyl (C=O) groups excluding carboxylic acids is 1. The van der Waals surface area contributed by atoms with E-state index in [1.807, 2.05) is 0 Å². The Morgan fingerprint density at radius 3 is 2.70 bits per heavy atom. The molecular formula is C15H19ClO4. The van der Waals surface area contributed by atoms with E-state index in [1.165, 1.54) is 12.5 Å². The molecule has 1 aliphatic rings. The molecule has 0 bridgehead atoms. The van der Waals surface area contributed by atoms with Crippen LogP contribution in [0.4, 0.5) is 0 Å². The van der Waals surface area contributed by atoms with Crippen LogP contribution in [0.2, 0.25) is 5.02 Å². The Labute approximate surface area is 123 Å². The summed E-state index contributed by atoms with van der Waals surface area (Å²) < 4.78 is 10.7. The maximum absolute atomic E-state index is 11.7. The third kappa shape index (κ3) is 3.37. The van der Waals surface area contributed by atoms with Crippen LogP contribution in [0.25, 0.3) is 0 Å². The van der Waals surface area contributed by atoms with Crippen molar-refractivity contribution in [2.45, 2.75) is 45.1 Å². The van der Waals surface area contributed by atoms with Crippen molar-refractivity contribution in [1.29, 1.82) is 0 Å². The van der Waals surface area contributed by atoms with Crippen LogP contribution >= 0.6 is 11.6 Å². The first-order valence-electron chi connectivity index (χ1n) is 6.98. The molecule has 5 heteroatoms. The zero-order valence-electron chi connectivity index (χ0n) is 11.5.